The molecule has 1 aliphatic heterocycles. The van der Waals surface area contributed by atoms with Gasteiger partial charge in [0.15, 0.2) is 0 Å². The molecule has 1 unspecified atom stereocenters. The molecule has 1 aliphatic rings. The van der Waals surface area contributed by atoms with Crippen molar-refractivity contribution in [3.05, 3.63) is 58.1 Å². The van der Waals surface area contributed by atoms with Gasteiger partial charge in [0.2, 0.25) is 0 Å². The molecule has 0 amide bonds. The number of hydrogen-bond acceptors (Lipinski definition) is 5. The SMILES string of the molecule is CC(Nc1ccc(-c2cnn(C3CCNCC3)c2)nc1N)c1c(Cl)ccc(F)c1Cl. The first kappa shape index (κ1) is 20.9. The lowest BCUT2D eigenvalue weighted by Gasteiger charge is -2.22. The van der Waals surface area contributed by atoms with Gasteiger partial charge in [-0.3, -0.25) is 4.68 Å². The molecule has 0 bridgehead atoms. The number of pyridine rings is 1. The van der Waals surface area contributed by atoms with Crippen LogP contribution < -0.4 is 16.4 Å². The lowest BCUT2D eigenvalue weighted by Crippen LogP contribution is -2.29. The molecule has 9 heteroatoms. The van der Waals surface area contributed by atoms with Gasteiger partial charge in [0.05, 0.1) is 34.7 Å². The Bertz CT molecular complexity index is 1050. The molecule has 3 heterocycles. The van der Waals surface area contributed by atoms with Crippen LogP contribution >= 0.6 is 23.2 Å². The van der Waals surface area contributed by atoms with E-state index >= 15 is 0 Å². The molecule has 2 aromatic heterocycles. The minimum atomic E-state index is -0.517. The first-order valence-electron chi connectivity index (χ1n) is 9.85. The predicted octanol–water partition coefficient (Wildman–Crippen LogP) is 5.07. The fourth-order valence-corrected chi connectivity index (χ4v) is 4.44. The Morgan fingerprint density at radius 1 is 1.23 bits per heavy atom. The van der Waals surface area contributed by atoms with Gasteiger partial charge in [0.1, 0.15) is 11.6 Å². The Labute approximate surface area is 184 Å². The quantitative estimate of drug-likeness (QED) is 0.474. The monoisotopic (exact) mass is 448 g/mol. The van der Waals surface area contributed by atoms with Crippen LogP contribution in [0.15, 0.2) is 36.7 Å². The fraction of sp³-hybridized carbons (Fsp3) is 0.333. The molecule has 158 valence electrons. The summed E-state index contributed by atoms with van der Waals surface area (Å²) in [6.07, 6.45) is 5.94. The Morgan fingerprint density at radius 2 is 2.00 bits per heavy atom. The minimum absolute atomic E-state index is 0.00372. The van der Waals surface area contributed by atoms with E-state index in [9.17, 15) is 4.39 Å². The van der Waals surface area contributed by atoms with Crippen molar-refractivity contribution in [2.24, 2.45) is 0 Å². The van der Waals surface area contributed by atoms with Crippen LogP contribution in [0.1, 0.15) is 37.4 Å². The van der Waals surface area contributed by atoms with Crippen molar-refractivity contribution in [2.75, 3.05) is 24.1 Å². The van der Waals surface area contributed by atoms with Gasteiger partial charge in [-0.2, -0.15) is 5.10 Å². The molecule has 1 aromatic carbocycles. The number of halogens is 3. The maximum Gasteiger partial charge on any atom is 0.147 e. The molecule has 0 aliphatic carbocycles. The maximum absolute atomic E-state index is 13.8. The molecule has 3 aromatic rings. The van der Waals surface area contributed by atoms with Crippen LogP contribution in [0.25, 0.3) is 11.3 Å². The third kappa shape index (κ3) is 4.24. The van der Waals surface area contributed by atoms with Crippen molar-refractivity contribution < 1.29 is 4.39 Å². The van der Waals surface area contributed by atoms with Crippen molar-refractivity contribution in [1.29, 1.82) is 0 Å². The summed E-state index contributed by atoms with van der Waals surface area (Å²) in [6, 6.07) is 6.50. The molecule has 30 heavy (non-hydrogen) atoms. The highest BCUT2D eigenvalue weighted by atomic mass is 35.5. The number of nitrogens with two attached hydrogens (primary N) is 1. The predicted molar refractivity (Wildman–Crippen MR) is 119 cm³/mol. The second-order valence-electron chi connectivity index (χ2n) is 7.44. The standard InChI is InChI=1S/C21H23Cl2FN6/c1-12(19-15(22)2-3-16(24)20(19)23)28-18-5-4-17(29-21(18)25)13-10-27-30(11-13)14-6-8-26-9-7-14/h2-5,10-12,14,26,28H,6-9H2,1H3,(H2,25,29). The van der Waals surface area contributed by atoms with E-state index in [1.165, 1.54) is 12.1 Å². The van der Waals surface area contributed by atoms with Crippen molar-refractivity contribution in [1.82, 2.24) is 20.1 Å². The minimum Gasteiger partial charge on any atom is -0.382 e. The first-order chi connectivity index (χ1) is 14.4. The number of anilines is 2. The van der Waals surface area contributed by atoms with Gasteiger partial charge in [0, 0.05) is 22.3 Å². The smallest absolute Gasteiger partial charge is 0.147 e. The molecule has 6 nitrogen and oxygen atoms in total. The number of rotatable bonds is 5. The van der Waals surface area contributed by atoms with Gasteiger partial charge in [-0.15, -0.1) is 0 Å². The van der Waals surface area contributed by atoms with Crippen LogP contribution in [-0.4, -0.2) is 27.9 Å². The lowest BCUT2D eigenvalue weighted by molar-refractivity contribution is 0.343. The molecule has 1 atom stereocenters. The molecule has 0 spiro atoms. The van der Waals surface area contributed by atoms with E-state index in [0.29, 0.717) is 28.1 Å². The molecular weight excluding hydrogens is 426 g/mol. The Balaban J connectivity index is 1.53. The number of benzene rings is 1. The normalized spacial score (nSPS) is 15.9. The van der Waals surface area contributed by atoms with Crippen molar-refractivity contribution in [3.8, 4) is 11.3 Å². The van der Waals surface area contributed by atoms with Crippen LogP contribution in [-0.2, 0) is 0 Å². The summed E-state index contributed by atoms with van der Waals surface area (Å²) in [5.41, 5.74) is 8.94. The van der Waals surface area contributed by atoms with Gasteiger partial charge >= 0.3 is 0 Å². The van der Waals surface area contributed by atoms with Crippen LogP contribution in [0, 0.1) is 5.82 Å². The van der Waals surface area contributed by atoms with Gasteiger partial charge in [-0.1, -0.05) is 23.2 Å². The summed E-state index contributed by atoms with van der Waals surface area (Å²) in [6.45, 7) is 3.84. The van der Waals surface area contributed by atoms with Crippen LogP contribution in [0.2, 0.25) is 10.0 Å². The summed E-state index contributed by atoms with van der Waals surface area (Å²) in [5, 5.41) is 11.5. The summed E-state index contributed by atoms with van der Waals surface area (Å²) in [4.78, 5) is 4.52. The number of piperidine rings is 1. The topological polar surface area (TPSA) is 80.8 Å². The summed E-state index contributed by atoms with van der Waals surface area (Å²) >= 11 is 12.3. The Kier molecular flexibility index (Phi) is 6.13. The van der Waals surface area contributed by atoms with E-state index in [2.05, 4.69) is 20.7 Å². The average molecular weight is 449 g/mol. The van der Waals surface area contributed by atoms with Gasteiger partial charge in [-0.05, 0) is 57.1 Å². The largest absolute Gasteiger partial charge is 0.382 e. The number of aromatic nitrogens is 3. The molecular formula is C21H23Cl2FN6. The second-order valence-corrected chi connectivity index (χ2v) is 8.23. The van der Waals surface area contributed by atoms with E-state index in [-0.39, 0.29) is 11.1 Å². The summed E-state index contributed by atoms with van der Waals surface area (Å²) < 4.78 is 15.9. The highest BCUT2D eigenvalue weighted by Crippen LogP contribution is 2.35. The van der Waals surface area contributed by atoms with Gasteiger partial charge < -0.3 is 16.4 Å². The van der Waals surface area contributed by atoms with E-state index in [1.54, 1.807) is 0 Å². The zero-order valence-electron chi connectivity index (χ0n) is 16.5. The zero-order valence-corrected chi connectivity index (χ0v) is 18.0. The van der Waals surface area contributed by atoms with Crippen molar-refractivity contribution in [3.63, 3.8) is 0 Å². The van der Waals surface area contributed by atoms with E-state index in [1.807, 2.05) is 36.1 Å². The number of hydrogen-bond donors (Lipinski definition) is 3. The molecule has 4 N–H and O–H groups in total. The third-order valence-corrected chi connectivity index (χ3v) is 6.10. The lowest BCUT2D eigenvalue weighted by atomic mass is 10.1. The number of nitrogens with one attached hydrogen (secondary N) is 2. The van der Waals surface area contributed by atoms with Crippen LogP contribution in [0.3, 0.4) is 0 Å². The van der Waals surface area contributed by atoms with Gasteiger partial charge in [0.25, 0.3) is 0 Å². The number of nitrogen functional groups attached to an aromatic ring is 1. The molecule has 0 saturated carbocycles. The molecule has 0 radical (unpaired) electrons. The summed E-state index contributed by atoms with van der Waals surface area (Å²) in [5.74, 6) is -0.186. The van der Waals surface area contributed by atoms with E-state index < -0.39 is 5.82 Å². The first-order valence-corrected chi connectivity index (χ1v) is 10.6. The Hall–Kier alpha value is -2.35. The van der Waals surface area contributed by atoms with Crippen molar-refractivity contribution in [2.45, 2.75) is 31.8 Å². The highest BCUT2D eigenvalue weighted by Gasteiger charge is 2.19. The summed E-state index contributed by atoms with van der Waals surface area (Å²) in [7, 11) is 0. The average Bonchev–Trinajstić information content (AvgIpc) is 3.23. The Morgan fingerprint density at radius 3 is 2.73 bits per heavy atom. The third-order valence-electron chi connectivity index (χ3n) is 5.39. The molecule has 1 fully saturated rings. The van der Waals surface area contributed by atoms with Crippen molar-refractivity contribution >= 4 is 34.7 Å². The second kappa shape index (κ2) is 8.79. The highest BCUT2D eigenvalue weighted by molar-refractivity contribution is 6.36. The number of nitrogens with zero attached hydrogens (tertiary/aromatic N) is 3. The molecule has 1 saturated heterocycles. The van der Waals surface area contributed by atoms with Crippen LogP contribution in [0.4, 0.5) is 15.9 Å². The molecule has 4 rings (SSSR count). The van der Waals surface area contributed by atoms with E-state index in [4.69, 9.17) is 28.9 Å². The zero-order chi connectivity index (χ0) is 21.3. The fourth-order valence-electron chi connectivity index (χ4n) is 3.74. The maximum atomic E-state index is 13.8. The van der Waals surface area contributed by atoms with E-state index in [0.717, 1.165) is 37.2 Å². The van der Waals surface area contributed by atoms with Crippen LogP contribution in [0.5, 0.6) is 0 Å². The van der Waals surface area contributed by atoms with Gasteiger partial charge in [-0.25, -0.2) is 9.37 Å².